The Kier molecular flexibility index (Phi) is 4.79. The lowest BCUT2D eigenvalue weighted by atomic mass is 9.94. The summed E-state index contributed by atoms with van der Waals surface area (Å²) in [5, 5.41) is 18.6. The number of hydrogen-bond donors (Lipinski definition) is 2. The van der Waals surface area contributed by atoms with E-state index >= 15 is 0 Å². The van der Waals surface area contributed by atoms with Crippen LogP contribution in [0.2, 0.25) is 0 Å². The molecule has 0 aromatic heterocycles. The number of para-hydroxylation sites is 1. The molecule has 1 aliphatic rings. The normalized spacial score (nSPS) is 21.8. The minimum atomic E-state index is -4.95. The molecule has 1 aliphatic heterocycles. The molecular weight excluding hydrogens is 319 g/mol. The number of aliphatic carboxylic acids is 1. The van der Waals surface area contributed by atoms with Crippen LogP contribution in [0.15, 0.2) is 24.3 Å². The monoisotopic (exact) mass is 333 g/mol. The lowest BCUT2D eigenvalue weighted by Gasteiger charge is -2.34. The number of carboxylic acids is 1. The van der Waals surface area contributed by atoms with Crippen LogP contribution in [0, 0.1) is 5.92 Å². The van der Waals surface area contributed by atoms with Gasteiger partial charge >= 0.3 is 12.3 Å². The Morgan fingerprint density at radius 1 is 1.26 bits per heavy atom. The average Bonchev–Trinajstić information content (AvgIpc) is 2.45. The van der Waals surface area contributed by atoms with E-state index in [9.17, 15) is 27.9 Å². The summed E-state index contributed by atoms with van der Waals surface area (Å²) in [5.41, 5.74) is -0.314. The van der Waals surface area contributed by atoms with Crippen LogP contribution in [0.3, 0.4) is 0 Å². The van der Waals surface area contributed by atoms with Crippen LogP contribution in [0.1, 0.15) is 16.8 Å². The number of aliphatic hydroxyl groups excluding tert-OH is 1. The molecule has 2 N–H and O–H groups in total. The van der Waals surface area contributed by atoms with E-state index in [1.54, 1.807) is 0 Å². The van der Waals surface area contributed by atoms with Crippen molar-refractivity contribution < 1.29 is 37.7 Å². The number of alkyl halides is 3. The fourth-order valence-electron chi connectivity index (χ4n) is 2.39. The van der Waals surface area contributed by atoms with E-state index in [-0.39, 0.29) is 25.1 Å². The zero-order valence-corrected chi connectivity index (χ0v) is 11.8. The Bertz CT molecular complexity index is 604. The van der Waals surface area contributed by atoms with Gasteiger partial charge in [-0.25, -0.2) is 0 Å². The maximum absolute atomic E-state index is 12.4. The number of carboxylic acid groups (broad SMARTS) is 1. The summed E-state index contributed by atoms with van der Waals surface area (Å²) in [6.07, 6.45) is -6.01. The summed E-state index contributed by atoms with van der Waals surface area (Å²) in [7, 11) is 0. The quantitative estimate of drug-likeness (QED) is 0.875. The Balaban J connectivity index is 2.22. The predicted molar refractivity (Wildman–Crippen MR) is 70.8 cm³/mol. The van der Waals surface area contributed by atoms with Gasteiger partial charge in [-0.3, -0.25) is 9.59 Å². The van der Waals surface area contributed by atoms with Gasteiger partial charge in [0.2, 0.25) is 0 Å². The maximum atomic E-state index is 12.4. The number of piperidine rings is 1. The summed E-state index contributed by atoms with van der Waals surface area (Å²) in [6, 6.07) is 4.85. The van der Waals surface area contributed by atoms with Crippen LogP contribution in [0.5, 0.6) is 5.75 Å². The molecule has 23 heavy (non-hydrogen) atoms. The number of hydrogen-bond acceptors (Lipinski definition) is 4. The van der Waals surface area contributed by atoms with Gasteiger partial charge in [0.05, 0.1) is 11.7 Å². The van der Waals surface area contributed by atoms with E-state index < -0.39 is 36.0 Å². The van der Waals surface area contributed by atoms with Crippen molar-refractivity contribution in [2.24, 2.45) is 5.92 Å². The van der Waals surface area contributed by atoms with Crippen LogP contribution >= 0.6 is 0 Å². The third kappa shape index (κ3) is 4.13. The zero-order valence-electron chi connectivity index (χ0n) is 11.8. The number of likely N-dealkylation sites (tertiary alicyclic amines) is 1. The second-order valence-electron chi connectivity index (χ2n) is 5.10. The van der Waals surface area contributed by atoms with Crippen LogP contribution in [-0.4, -0.2) is 52.5 Å². The number of nitrogens with zero attached hydrogens (tertiary/aromatic N) is 1. The van der Waals surface area contributed by atoms with Crippen molar-refractivity contribution in [1.82, 2.24) is 4.90 Å². The SMILES string of the molecule is O=C(O)[C@@H]1CN(C(=O)c2ccccc2OC(F)(F)F)CC[C@@H]1O. The van der Waals surface area contributed by atoms with Crippen molar-refractivity contribution in [2.45, 2.75) is 18.9 Å². The number of ether oxygens (including phenoxy) is 1. The van der Waals surface area contributed by atoms with Crippen molar-refractivity contribution in [1.29, 1.82) is 0 Å². The Morgan fingerprint density at radius 2 is 1.91 bits per heavy atom. The molecule has 1 saturated heterocycles. The van der Waals surface area contributed by atoms with Crippen molar-refractivity contribution >= 4 is 11.9 Å². The molecule has 6 nitrogen and oxygen atoms in total. The molecule has 2 atom stereocenters. The summed E-state index contributed by atoms with van der Waals surface area (Å²) in [4.78, 5) is 24.5. The van der Waals surface area contributed by atoms with E-state index in [2.05, 4.69) is 4.74 Å². The zero-order chi connectivity index (χ0) is 17.2. The number of halogens is 3. The second-order valence-corrected chi connectivity index (χ2v) is 5.10. The fraction of sp³-hybridized carbons (Fsp3) is 0.429. The predicted octanol–water partition coefficient (Wildman–Crippen LogP) is 1.49. The molecule has 9 heteroatoms. The van der Waals surface area contributed by atoms with Crippen LogP contribution < -0.4 is 4.74 Å². The van der Waals surface area contributed by atoms with Crippen molar-refractivity contribution in [2.75, 3.05) is 13.1 Å². The van der Waals surface area contributed by atoms with Gasteiger partial charge in [-0.1, -0.05) is 12.1 Å². The molecule has 1 fully saturated rings. The molecule has 2 rings (SSSR count). The molecule has 126 valence electrons. The molecule has 0 unspecified atom stereocenters. The average molecular weight is 333 g/mol. The van der Waals surface area contributed by atoms with Crippen molar-refractivity contribution in [3.05, 3.63) is 29.8 Å². The van der Waals surface area contributed by atoms with E-state index in [0.29, 0.717) is 0 Å². The highest BCUT2D eigenvalue weighted by Crippen LogP contribution is 2.28. The van der Waals surface area contributed by atoms with Gasteiger partial charge in [-0.2, -0.15) is 0 Å². The fourth-order valence-corrected chi connectivity index (χ4v) is 2.39. The van der Waals surface area contributed by atoms with Crippen LogP contribution in [0.4, 0.5) is 13.2 Å². The lowest BCUT2D eigenvalue weighted by molar-refractivity contribution is -0.274. The highest BCUT2D eigenvalue weighted by molar-refractivity contribution is 5.97. The largest absolute Gasteiger partial charge is 0.573 e. The molecule has 0 radical (unpaired) electrons. The number of carbonyl (C=O) groups excluding carboxylic acids is 1. The first-order valence-corrected chi connectivity index (χ1v) is 6.74. The molecule has 1 heterocycles. The van der Waals surface area contributed by atoms with Gasteiger partial charge in [0.25, 0.3) is 5.91 Å². The summed E-state index contributed by atoms with van der Waals surface area (Å²) >= 11 is 0. The van der Waals surface area contributed by atoms with Gasteiger partial charge in [0, 0.05) is 13.1 Å². The molecule has 1 aromatic rings. The van der Waals surface area contributed by atoms with E-state index in [1.807, 2.05) is 0 Å². The summed E-state index contributed by atoms with van der Waals surface area (Å²) in [5.74, 6) is -3.87. The molecule has 0 spiro atoms. The molecule has 1 aromatic carbocycles. The third-order valence-corrected chi connectivity index (χ3v) is 3.52. The minimum absolute atomic E-state index is 0.0327. The maximum Gasteiger partial charge on any atom is 0.573 e. The molecule has 0 bridgehead atoms. The topological polar surface area (TPSA) is 87.1 Å². The first-order chi connectivity index (χ1) is 10.7. The molecular formula is C14H14F3NO5. The number of rotatable bonds is 3. The lowest BCUT2D eigenvalue weighted by Crippen LogP contribution is -2.48. The smallest absolute Gasteiger partial charge is 0.481 e. The highest BCUT2D eigenvalue weighted by Gasteiger charge is 2.37. The Labute approximate surface area is 129 Å². The van der Waals surface area contributed by atoms with Gasteiger partial charge in [-0.15, -0.1) is 13.2 Å². The van der Waals surface area contributed by atoms with E-state index in [1.165, 1.54) is 18.2 Å². The van der Waals surface area contributed by atoms with Crippen molar-refractivity contribution in [3.8, 4) is 5.75 Å². The minimum Gasteiger partial charge on any atom is -0.481 e. The van der Waals surface area contributed by atoms with E-state index in [4.69, 9.17) is 5.11 Å². The Morgan fingerprint density at radius 3 is 2.52 bits per heavy atom. The number of aliphatic hydroxyl groups is 1. The van der Waals surface area contributed by atoms with Gasteiger partial charge in [0.15, 0.2) is 0 Å². The first kappa shape index (κ1) is 17.1. The molecule has 0 saturated carbocycles. The van der Waals surface area contributed by atoms with Gasteiger partial charge < -0.3 is 19.8 Å². The second kappa shape index (κ2) is 6.45. The van der Waals surface area contributed by atoms with Gasteiger partial charge in [-0.05, 0) is 18.6 Å². The van der Waals surface area contributed by atoms with Crippen LogP contribution in [-0.2, 0) is 4.79 Å². The number of amides is 1. The Hall–Kier alpha value is -2.29. The molecule has 1 amide bonds. The summed E-state index contributed by atoms with van der Waals surface area (Å²) in [6.45, 7) is -0.236. The molecule has 0 aliphatic carbocycles. The van der Waals surface area contributed by atoms with Crippen LogP contribution in [0.25, 0.3) is 0 Å². The van der Waals surface area contributed by atoms with Gasteiger partial charge in [0.1, 0.15) is 11.7 Å². The highest BCUT2D eigenvalue weighted by atomic mass is 19.4. The van der Waals surface area contributed by atoms with E-state index in [0.717, 1.165) is 11.0 Å². The number of benzene rings is 1. The first-order valence-electron chi connectivity index (χ1n) is 6.74. The standard InChI is InChI=1S/C14H14F3NO5/c15-14(16,17)23-11-4-2-1-3-8(11)12(20)18-6-5-10(19)9(7-18)13(21)22/h1-4,9-10,19H,5-7H2,(H,21,22)/t9-,10+/m1/s1. The number of carbonyl (C=O) groups is 2. The third-order valence-electron chi connectivity index (χ3n) is 3.52. The summed E-state index contributed by atoms with van der Waals surface area (Å²) < 4.78 is 41.0. The van der Waals surface area contributed by atoms with Crippen molar-refractivity contribution in [3.63, 3.8) is 0 Å².